The van der Waals surface area contributed by atoms with Gasteiger partial charge in [-0.1, -0.05) is 57.2 Å². The average molecular weight is 577 g/mol. The molecule has 1 atom stereocenters. The molecule has 0 bridgehead atoms. The fourth-order valence-corrected chi connectivity index (χ4v) is 5.28. The molecule has 1 saturated heterocycles. The first-order chi connectivity index (χ1) is 19.8. The lowest BCUT2D eigenvalue weighted by Crippen LogP contribution is -2.36. The molecule has 1 fully saturated rings. The van der Waals surface area contributed by atoms with Gasteiger partial charge in [-0.2, -0.15) is 0 Å². The van der Waals surface area contributed by atoms with Crippen molar-refractivity contribution in [2.45, 2.75) is 58.8 Å². The van der Waals surface area contributed by atoms with Gasteiger partial charge >= 0.3 is 11.9 Å². The third-order valence-electron chi connectivity index (χ3n) is 7.68. The van der Waals surface area contributed by atoms with E-state index in [2.05, 4.69) is 59.1 Å². The van der Waals surface area contributed by atoms with Gasteiger partial charge in [0.05, 0.1) is 11.8 Å². The Morgan fingerprint density at radius 1 is 0.952 bits per heavy atom. The van der Waals surface area contributed by atoms with E-state index in [9.17, 15) is 4.79 Å². The normalized spacial score (nSPS) is 17.2. The van der Waals surface area contributed by atoms with Crippen molar-refractivity contribution in [1.29, 1.82) is 0 Å². The minimum absolute atomic E-state index is 0.0940. The number of carbonyl (C=O) groups excluding carboxylic acids is 1. The topological polar surface area (TPSA) is 125 Å². The van der Waals surface area contributed by atoms with Gasteiger partial charge in [-0.15, -0.1) is 0 Å². The maximum absolute atomic E-state index is 12.7. The summed E-state index contributed by atoms with van der Waals surface area (Å²) < 4.78 is 9.09. The monoisotopic (exact) mass is 576 g/mol. The van der Waals surface area contributed by atoms with E-state index in [0.717, 1.165) is 61.7 Å². The van der Waals surface area contributed by atoms with Crippen LogP contribution in [-0.2, 0) is 32.1 Å². The van der Waals surface area contributed by atoms with Crippen LogP contribution in [0.25, 0.3) is 11.3 Å². The second-order valence-corrected chi connectivity index (χ2v) is 11.9. The van der Waals surface area contributed by atoms with Crippen molar-refractivity contribution < 1.29 is 29.3 Å². The molecule has 2 aliphatic rings. The number of benzene rings is 2. The predicted molar refractivity (Wildman–Crippen MR) is 159 cm³/mol. The van der Waals surface area contributed by atoms with Gasteiger partial charge in [0.15, 0.2) is 0 Å². The molecule has 2 aliphatic heterocycles. The number of ether oxygens (including phenoxy) is 1. The number of nitrogens with zero attached hydrogens (tertiary/aromatic N) is 4. The van der Waals surface area contributed by atoms with Crippen molar-refractivity contribution in [1.82, 2.24) is 14.5 Å². The molecule has 0 aliphatic carbocycles. The quantitative estimate of drug-likeness (QED) is 0.436. The third kappa shape index (κ3) is 7.24. The van der Waals surface area contributed by atoms with Crippen LogP contribution in [-0.4, -0.2) is 75.8 Å². The Labute approximate surface area is 246 Å². The molecule has 10 nitrogen and oxygen atoms in total. The lowest BCUT2D eigenvalue weighted by atomic mass is 9.94. The van der Waals surface area contributed by atoms with E-state index >= 15 is 0 Å². The predicted octanol–water partition coefficient (Wildman–Crippen LogP) is 4.47. The van der Waals surface area contributed by atoms with Crippen molar-refractivity contribution in [3.63, 3.8) is 0 Å². The van der Waals surface area contributed by atoms with Crippen molar-refractivity contribution in [3.8, 4) is 11.3 Å². The summed E-state index contributed by atoms with van der Waals surface area (Å²) in [5.74, 6) is -2.57. The van der Waals surface area contributed by atoms with Crippen LogP contribution in [0.5, 0.6) is 0 Å². The zero-order chi connectivity index (χ0) is 30.6. The number of likely N-dealkylation sites (tertiary alicyclic amines) is 1. The van der Waals surface area contributed by atoms with Gasteiger partial charge in [0.25, 0.3) is 0 Å². The molecule has 1 unspecified atom stereocenters. The van der Waals surface area contributed by atoms with Crippen LogP contribution in [0.3, 0.4) is 0 Å². The molecule has 1 amide bonds. The van der Waals surface area contributed by atoms with E-state index in [4.69, 9.17) is 29.5 Å². The molecule has 0 radical (unpaired) electrons. The summed E-state index contributed by atoms with van der Waals surface area (Å²) in [6.07, 6.45) is 5.29. The van der Waals surface area contributed by atoms with Crippen molar-refractivity contribution in [3.05, 3.63) is 71.7 Å². The number of aryl methyl sites for hydroxylation is 2. The van der Waals surface area contributed by atoms with Gasteiger partial charge in [0.1, 0.15) is 11.9 Å². The number of carbonyl (C=O) groups is 3. The maximum Gasteiger partial charge on any atom is 0.414 e. The Bertz CT molecular complexity index is 1410. The number of carboxylic acid groups (broad SMARTS) is 2. The summed E-state index contributed by atoms with van der Waals surface area (Å²) in [7, 11) is 4.02. The molecule has 2 aromatic carbocycles. The maximum atomic E-state index is 12.7. The first kappa shape index (κ1) is 30.9. The number of aromatic nitrogens is 2. The number of amides is 1. The number of piperidine rings is 1. The number of anilines is 1. The molecule has 0 spiro atoms. The van der Waals surface area contributed by atoms with Crippen LogP contribution in [0, 0.1) is 5.41 Å². The van der Waals surface area contributed by atoms with E-state index in [1.807, 2.05) is 40.0 Å². The van der Waals surface area contributed by atoms with E-state index < -0.39 is 17.4 Å². The Balaban J connectivity index is 0.000000612. The van der Waals surface area contributed by atoms with Crippen LogP contribution in [0.2, 0.25) is 0 Å². The zero-order valence-electron chi connectivity index (χ0n) is 24.9. The van der Waals surface area contributed by atoms with Crippen LogP contribution >= 0.6 is 0 Å². The van der Waals surface area contributed by atoms with Gasteiger partial charge in [0.2, 0.25) is 5.91 Å². The summed E-state index contributed by atoms with van der Waals surface area (Å²) in [6, 6.07) is 16.8. The van der Waals surface area contributed by atoms with Gasteiger partial charge in [0, 0.05) is 49.5 Å². The highest BCUT2D eigenvalue weighted by atomic mass is 16.5. The van der Waals surface area contributed by atoms with Crippen molar-refractivity contribution >= 4 is 23.5 Å². The van der Waals surface area contributed by atoms with Gasteiger partial charge < -0.3 is 29.3 Å². The van der Waals surface area contributed by atoms with Gasteiger partial charge in [-0.3, -0.25) is 4.79 Å². The molecule has 224 valence electrons. The summed E-state index contributed by atoms with van der Waals surface area (Å²) in [5.41, 5.74) is 5.04. The van der Waals surface area contributed by atoms with Crippen molar-refractivity contribution in [2.75, 3.05) is 32.1 Å². The second kappa shape index (κ2) is 12.9. The lowest BCUT2D eigenvalue weighted by molar-refractivity contribution is -0.159. The fourth-order valence-electron chi connectivity index (χ4n) is 5.28. The fraction of sp³-hybridized carbons (Fsp3) is 0.438. The largest absolute Gasteiger partial charge is 0.473 e. The van der Waals surface area contributed by atoms with Crippen LogP contribution < -0.4 is 4.90 Å². The van der Waals surface area contributed by atoms with Gasteiger partial charge in [-0.05, 0) is 49.6 Å². The molecular formula is C32H40N4O6. The molecule has 2 N–H and O–H groups in total. The highest BCUT2D eigenvalue weighted by Crippen LogP contribution is 2.36. The molecule has 1 aromatic heterocycles. The van der Waals surface area contributed by atoms with E-state index in [0.29, 0.717) is 0 Å². The Kier molecular flexibility index (Phi) is 9.48. The second-order valence-electron chi connectivity index (χ2n) is 11.9. The number of aliphatic carboxylic acids is 2. The summed E-state index contributed by atoms with van der Waals surface area (Å²) in [6.45, 7) is 8.85. The lowest BCUT2D eigenvalue weighted by Gasteiger charge is -2.32. The van der Waals surface area contributed by atoms with E-state index in [1.54, 1.807) is 4.90 Å². The zero-order valence-corrected chi connectivity index (χ0v) is 24.9. The standard InChI is InChI=1S/C30H38N4O2.C2H2O4/c1-30(2,3)29(35)33(5)23-12-10-22(11-13-23)26-20-34-19-14-21-8-6-7-9-25(21)27(28(34)31-26)36-24-15-17-32(4)18-16-24;3-1(4)2(5)6/h6-13,20,24,27H,14-19H2,1-5H3;(H,3,4)(H,5,6). The van der Waals surface area contributed by atoms with Crippen LogP contribution in [0.1, 0.15) is 56.7 Å². The highest BCUT2D eigenvalue weighted by molar-refractivity contribution is 6.27. The average Bonchev–Trinajstić information content (AvgIpc) is 3.33. The van der Waals surface area contributed by atoms with Crippen molar-refractivity contribution in [2.24, 2.45) is 5.41 Å². The third-order valence-corrected chi connectivity index (χ3v) is 7.68. The molecule has 0 saturated carbocycles. The van der Waals surface area contributed by atoms with E-state index in [-0.39, 0.29) is 18.1 Å². The Hall–Kier alpha value is -4.02. The number of hydrogen-bond donors (Lipinski definition) is 2. The number of imidazole rings is 1. The van der Waals surface area contributed by atoms with Gasteiger partial charge in [-0.25, -0.2) is 14.6 Å². The summed E-state index contributed by atoms with van der Waals surface area (Å²) >= 11 is 0. The Morgan fingerprint density at radius 3 is 2.17 bits per heavy atom. The molecule has 3 aromatic rings. The minimum atomic E-state index is -1.82. The minimum Gasteiger partial charge on any atom is -0.473 e. The molecule has 42 heavy (non-hydrogen) atoms. The molecule has 5 rings (SSSR count). The SMILES string of the molecule is CN1CCC(OC2c3ccccc3CCn3cc(-c4ccc(N(C)C(=O)C(C)(C)C)cc4)nc32)CC1.O=C(O)C(=O)O. The summed E-state index contributed by atoms with van der Waals surface area (Å²) in [4.78, 5) is 40.1. The molecule has 3 heterocycles. The number of rotatable bonds is 4. The first-order valence-electron chi connectivity index (χ1n) is 14.2. The number of fused-ring (bicyclic) bond motifs is 2. The first-order valence-corrected chi connectivity index (χ1v) is 14.2. The smallest absolute Gasteiger partial charge is 0.414 e. The number of hydrogen-bond acceptors (Lipinski definition) is 6. The summed E-state index contributed by atoms with van der Waals surface area (Å²) in [5, 5.41) is 14.8. The molecular weight excluding hydrogens is 536 g/mol. The van der Waals surface area contributed by atoms with Crippen LogP contribution in [0.4, 0.5) is 5.69 Å². The highest BCUT2D eigenvalue weighted by Gasteiger charge is 2.31. The van der Waals surface area contributed by atoms with E-state index in [1.165, 1.54) is 11.1 Å². The Morgan fingerprint density at radius 2 is 1.57 bits per heavy atom. The molecule has 10 heteroatoms. The number of carboxylic acids is 2. The van der Waals surface area contributed by atoms with Crippen LogP contribution in [0.15, 0.2) is 54.7 Å².